The molecule has 1 aliphatic heterocycles. The third-order valence-corrected chi connectivity index (χ3v) is 4.99. The first-order chi connectivity index (χ1) is 13.2. The van der Waals surface area contributed by atoms with E-state index in [2.05, 4.69) is 16.4 Å². The molecule has 1 amide bonds. The van der Waals surface area contributed by atoms with Gasteiger partial charge in [0.05, 0.1) is 12.1 Å². The second-order valence-electron chi connectivity index (χ2n) is 6.97. The van der Waals surface area contributed by atoms with Crippen LogP contribution in [-0.4, -0.2) is 24.2 Å². The van der Waals surface area contributed by atoms with Crippen molar-refractivity contribution in [3.05, 3.63) is 41.3 Å². The Morgan fingerprint density at radius 3 is 2.96 bits per heavy atom. The van der Waals surface area contributed by atoms with Gasteiger partial charge in [0.15, 0.2) is 11.5 Å². The minimum atomic E-state index is -0.0277. The van der Waals surface area contributed by atoms with Crippen LogP contribution < -0.4 is 14.8 Å². The van der Waals surface area contributed by atoms with Crippen molar-refractivity contribution < 1.29 is 18.7 Å². The molecule has 27 heavy (non-hydrogen) atoms. The molecule has 1 aliphatic carbocycles. The Kier molecular flexibility index (Phi) is 5.14. The number of aromatic nitrogens is 1. The second-order valence-corrected chi connectivity index (χ2v) is 6.97. The van der Waals surface area contributed by atoms with E-state index >= 15 is 0 Å². The van der Waals surface area contributed by atoms with E-state index < -0.39 is 0 Å². The summed E-state index contributed by atoms with van der Waals surface area (Å²) in [6.45, 7) is 2.74. The van der Waals surface area contributed by atoms with Gasteiger partial charge in [-0.3, -0.25) is 4.79 Å². The highest BCUT2D eigenvalue weighted by Gasteiger charge is 2.18. The highest BCUT2D eigenvalue weighted by Crippen LogP contribution is 2.36. The molecular formula is C21H24N2O4. The number of aryl methyl sites for hydroxylation is 1. The maximum Gasteiger partial charge on any atom is 0.231 e. The van der Waals surface area contributed by atoms with Gasteiger partial charge in [0.1, 0.15) is 5.76 Å². The summed E-state index contributed by atoms with van der Waals surface area (Å²) in [4.78, 5) is 16.8. The average molecular weight is 368 g/mol. The van der Waals surface area contributed by atoms with Crippen molar-refractivity contribution in [1.29, 1.82) is 0 Å². The molecule has 0 saturated carbocycles. The van der Waals surface area contributed by atoms with E-state index in [1.165, 1.54) is 24.8 Å². The number of benzene rings is 1. The van der Waals surface area contributed by atoms with Gasteiger partial charge in [-0.25, -0.2) is 4.98 Å². The summed E-state index contributed by atoms with van der Waals surface area (Å²) in [5, 5.41) is 2.99. The Bertz CT molecular complexity index is 869. The standard InChI is InChI=1S/C21H24N2O4/c1-14-17(12-20(24)22-10-9-15-5-3-2-4-6-15)23-21(27-14)16-7-8-18-19(11-16)26-13-25-18/h5,7-8,11H,2-4,6,9-10,12-13H2,1H3,(H,22,24). The number of hydrogen-bond donors (Lipinski definition) is 1. The van der Waals surface area contributed by atoms with Gasteiger partial charge in [-0.2, -0.15) is 0 Å². The molecular weight excluding hydrogens is 344 g/mol. The molecule has 0 fully saturated rings. The van der Waals surface area contributed by atoms with Crippen LogP contribution in [0, 0.1) is 6.92 Å². The van der Waals surface area contributed by atoms with E-state index in [4.69, 9.17) is 13.9 Å². The number of rotatable bonds is 6. The molecule has 2 aromatic rings. The van der Waals surface area contributed by atoms with Gasteiger partial charge in [-0.1, -0.05) is 11.6 Å². The van der Waals surface area contributed by atoms with Crippen molar-refractivity contribution in [2.45, 2.75) is 45.4 Å². The summed E-state index contributed by atoms with van der Waals surface area (Å²) < 4.78 is 16.5. The maximum absolute atomic E-state index is 12.3. The molecule has 0 spiro atoms. The third kappa shape index (κ3) is 4.15. The van der Waals surface area contributed by atoms with Crippen LogP contribution in [0.1, 0.15) is 43.6 Å². The fourth-order valence-corrected chi connectivity index (χ4v) is 3.45. The van der Waals surface area contributed by atoms with Crippen LogP contribution >= 0.6 is 0 Å². The van der Waals surface area contributed by atoms with Crippen LogP contribution in [-0.2, 0) is 11.2 Å². The van der Waals surface area contributed by atoms with Gasteiger partial charge in [0, 0.05) is 12.1 Å². The van der Waals surface area contributed by atoms with Crippen LogP contribution in [0.4, 0.5) is 0 Å². The molecule has 0 atom stereocenters. The number of oxazole rings is 1. The van der Waals surface area contributed by atoms with Gasteiger partial charge < -0.3 is 19.2 Å². The quantitative estimate of drug-likeness (QED) is 0.782. The van der Waals surface area contributed by atoms with Gasteiger partial charge in [-0.15, -0.1) is 0 Å². The molecule has 6 nitrogen and oxygen atoms in total. The maximum atomic E-state index is 12.3. The zero-order valence-corrected chi connectivity index (χ0v) is 15.5. The van der Waals surface area contributed by atoms with E-state index in [1.54, 1.807) is 0 Å². The number of allylic oxidation sites excluding steroid dienone is 1. The Morgan fingerprint density at radius 1 is 1.22 bits per heavy atom. The summed E-state index contributed by atoms with van der Waals surface area (Å²) in [6.07, 6.45) is 8.36. The summed E-state index contributed by atoms with van der Waals surface area (Å²) in [5.74, 6) is 2.52. The van der Waals surface area contributed by atoms with E-state index in [9.17, 15) is 4.79 Å². The van der Waals surface area contributed by atoms with Gasteiger partial charge in [0.2, 0.25) is 18.6 Å². The lowest BCUT2D eigenvalue weighted by Crippen LogP contribution is -2.26. The zero-order valence-electron chi connectivity index (χ0n) is 15.5. The molecule has 0 radical (unpaired) electrons. The van der Waals surface area contributed by atoms with Gasteiger partial charge in [0.25, 0.3) is 0 Å². The Labute approximate surface area is 158 Å². The fourth-order valence-electron chi connectivity index (χ4n) is 3.45. The van der Waals surface area contributed by atoms with Crippen molar-refractivity contribution in [2.24, 2.45) is 0 Å². The Morgan fingerprint density at radius 2 is 2.11 bits per heavy atom. The predicted octanol–water partition coefficient (Wildman–Crippen LogP) is 3.93. The highest BCUT2D eigenvalue weighted by molar-refractivity contribution is 5.78. The fraction of sp³-hybridized carbons (Fsp3) is 0.429. The number of carbonyl (C=O) groups is 1. The number of nitrogens with one attached hydrogen (secondary N) is 1. The molecule has 6 heteroatoms. The predicted molar refractivity (Wildman–Crippen MR) is 101 cm³/mol. The minimum Gasteiger partial charge on any atom is -0.454 e. The molecule has 1 aromatic carbocycles. The summed E-state index contributed by atoms with van der Waals surface area (Å²) in [5.41, 5.74) is 2.93. The smallest absolute Gasteiger partial charge is 0.231 e. The van der Waals surface area contributed by atoms with Crippen molar-refractivity contribution in [3.8, 4) is 23.0 Å². The molecule has 2 aliphatic rings. The number of fused-ring (bicyclic) bond motifs is 1. The summed E-state index contributed by atoms with van der Waals surface area (Å²) in [6, 6.07) is 5.55. The topological polar surface area (TPSA) is 73.6 Å². The summed E-state index contributed by atoms with van der Waals surface area (Å²) in [7, 11) is 0. The third-order valence-electron chi connectivity index (χ3n) is 4.99. The van der Waals surface area contributed by atoms with Crippen LogP contribution in [0.5, 0.6) is 11.5 Å². The normalized spacial score (nSPS) is 15.5. The average Bonchev–Trinajstić information content (AvgIpc) is 3.29. The first kappa shape index (κ1) is 17.6. The largest absolute Gasteiger partial charge is 0.454 e. The van der Waals surface area contributed by atoms with Crippen molar-refractivity contribution >= 4 is 5.91 Å². The van der Waals surface area contributed by atoms with Crippen molar-refractivity contribution in [1.82, 2.24) is 10.3 Å². The first-order valence-corrected chi connectivity index (χ1v) is 9.50. The van der Waals surface area contributed by atoms with E-state index in [-0.39, 0.29) is 19.1 Å². The molecule has 1 N–H and O–H groups in total. The van der Waals surface area contributed by atoms with Crippen molar-refractivity contribution in [3.63, 3.8) is 0 Å². The molecule has 0 bridgehead atoms. The number of carbonyl (C=O) groups excluding carboxylic acids is 1. The highest BCUT2D eigenvalue weighted by atomic mass is 16.7. The van der Waals surface area contributed by atoms with Crippen LogP contribution in [0.2, 0.25) is 0 Å². The Balaban J connectivity index is 1.35. The molecule has 142 valence electrons. The second kappa shape index (κ2) is 7.86. The number of ether oxygens (including phenoxy) is 2. The lowest BCUT2D eigenvalue weighted by molar-refractivity contribution is -0.120. The molecule has 2 heterocycles. The lowest BCUT2D eigenvalue weighted by atomic mass is 9.97. The first-order valence-electron chi connectivity index (χ1n) is 9.50. The molecule has 1 aromatic heterocycles. The molecule has 4 rings (SSSR count). The van der Waals surface area contributed by atoms with Crippen LogP contribution in [0.3, 0.4) is 0 Å². The molecule has 0 unspecified atom stereocenters. The van der Waals surface area contributed by atoms with E-state index in [0.29, 0.717) is 29.6 Å². The Hall–Kier alpha value is -2.76. The summed E-state index contributed by atoms with van der Waals surface area (Å²) >= 11 is 0. The van der Waals surface area contributed by atoms with E-state index in [0.717, 1.165) is 24.2 Å². The van der Waals surface area contributed by atoms with Gasteiger partial charge in [-0.05, 0) is 57.2 Å². The number of amides is 1. The minimum absolute atomic E-state index is 0.0277. The monoisotopic (exact) mass is 368 g/mol. The lowest BCUT2D eigenvalue weighted by Gasteiger charge is -2.12. The van der Waals surface area contributed by atoms with Gasteiger partial charge >= 0.3 is 0 Å². The number of nitrogens with zero attached hydrogens (tertiary/aromatic N) is 1. The van der Waals surface area contributed by atoms with E-state index in [1.807, 2.05) is 25.1 Å². The molecule has 0 saturated heterocycles. The number of hydrogen-bond acceptors (Lipinski definition) is 5. The SMILES string of the molecule is Cc1oc(-c2ccc3c(c2)OCO3)nc1CC(=O)NCCC1=CCCCC1. The van der Waals surface area contributed by atoms with Crippen LogP contribution in [0.25, 0.3) is 11.5 Å². The van der Waals surface area contributed by atoms with Crippen LogP contribution in [0.15, 0.2) is 34.3 Å². The zero-order chi connectivity index (χ0) is 18.6. The van der Waals surface area contributed by atoms with Crippen molar-refractivity contribution in [2.75, 3.05) is 13.3 Å².